The van der Waals surface area contributed by atoms with Gasteiger partial charge in [-0.15, -0.1) is 5.10 Å². The molecule has 2 N–H and O–H groups in total. The average molecular weight is 415 g/mol. The maximum atomic E-state index is 12.9. The number of carbonyl (C=O) groups is 2. The van der Waals surface area contributed by atoms with E-state index in [1.807, 2.05) is 54.6 Å². The Balaban J connectivity index is 1.27. The van der Waals surface area contributed by atoms with Crippen LogP contribution in [0.25, 0.3) is 5.69 Å². The summed E-state index contributed by atoms with van der Waals surface area (Å²) >= 11 is 0. The van der Waals surface area contributed by atoms with Gasteiger partial charge in [-0.3, -0.25) is 9.59 Å². The molecule has 2 amide bonds. The minimum absolute atomic E-state index is 0.0824. The molecule has 158 valence electrons. The molecule has 0 aliphatic heterocycles. The molecule has 0 bridgehead atoms. The number of nitrogens with zero attached hydrogens (tertiary/aromatic N) is 3. The van der Waals surface area contributed by atoms with Crippen molar-refractivity contribution in [3.8, 4) is 5.69 Å². The predicted octanol–water partition coefficient (Wildman–Crippen LogP) is 3.81. The number of nitrogens with one attached hydrogen (secondary N) is 2. The van der Waals surface area contributed by atoms with Crippen LogP contribution in [0.15, 0.2) is 54.6 Å². The number of amides is 2. The second kappa shape index (κ2) is 8.34. The first-order valence-electron chi connectivity index (χ1n) is 10.9. The van der Waals surface area contributed by atoms with Crippen molar-refractivity contribution in [2.75, 3.05) is 5.32 Å². The van der Waals surface area contributed by atoms with Crippen LogP contribution in [0.5, 0.6) is 0 Å². The zero-order chi connectivity index (χ0) is 21.2. The second-order valence-electron chi connectivity index (χ2n) is 8.35. The summed E-state index contributed by atoms with van der Waals surface area (Å²) in [5.74, 6) is 0.310. The maximum absolute atomic E-state index is 12.9. The van der Waals surface area contributed by atoms with Crippen LogP contribution in [-0.2, 0) is 11.3 Å². The molecule has 7 heteroatoms. The van der Waals surface area contributed by atoms with Crippen molar-refractivity contribution >= 4 is 17.5 Å². The quantitative estimate of drug-likeness (QED) is 0.614. The van der Waals surface area contributed by atoms with Crippen LogP contribution in [0, 0.1) is 5.92 Å². The van der Waals surface area contributed by atoms with Gasteiger partial charge >= 0.3 is 0 Å². The molecule has 31 heavy (non-hydrogen) atoms. The molecule has 0 radical (unpaired) electrons. The van der Waals surface area contributed by atoms with Gasteiger partial charge in [-0.25, -0.2) is 4.68 Å². The van der Waals surface area contributed by atoms with Crippen LogP contribution >= 0.6 is 0 Å². The van der Waals surface area contributed by atoms with E-state index < -0.39 is 0 Å². The third-order valence-electron chi connectivity index (χ3n) is 6.01. The van der Waals surface area contributed by atoms with Crippen LogP contribution in [0.2, 0.25) is 0 Å². The fraction of sp³-hybridized carbons (Fsp3) is 0.333. The lowest BCUT2D eigenvalue weighted by Gasteiger charge is -2.24. The van der Waals surface area contributed by atoms with Gasteiger partial charge < -0.3 is 10.6 Å². The molecule has 0 saturated heterocycles. The molecule has 3 aromatic rings. The number of benzene rings is 2. The largest absolute Gasteiger partial charge is 0.347 e. The Bertz CT molecular complexity index is 1100. The van der Waals surface area contributed by atoms with Gasteiger partial charge in [0.2, 0.25) is 5.91 Å². The van der Waals surface area contributed by atoms with Crippen molar-refractivity contribution in [2.45, 2.75) is 44.6 Å². The highest BCUT2D eigenvalue weighted by molar-refractivity contribution is 5.94. The Morgan fingerprint density at radius 1 is 1.00 bits per heavy atom. The van der Waals surface area contributed by atoms with Crippen LogP contribution in [0.3, 0.4) is 0 Å². The lowest BCUT2D eigenvalue weighted by atomic mass is 9.85. The van der Waals surface area contributed by atoms with Crippen molar-refractivity contribution in [1.82, 2.24) is 20.3 Å². The fourth-order valence-corrected chi connectivity index (χ4v) is 3.87. The summed E-state index contributed by atoms with van der Waals surface area (Å²) in [5, 5.41) is 14.4. The molecule has 5 rings (SSSR count). The monoisotopic (exact) mass is 415 g/mol. The zero-order valence-electron chi connectivity index (χ0n) is 17.3. The van der Waals surface area contributed by atoms with Gasteiger partial charge in [-0.1, -0.05) is 42.0 Å². The molecule has 7 nitrogen and oxygen atoms in total. The van der Waals surface area contributed by atoms with Crippen LogP contribution in [0.4, 0.5) is 5.69 Å². The van der Waals surface area contributed by atoms with Gasteiger partial charge in [-0.05, 0) is 55.5 Å². The Morgan fingerprint density at radius 3 is 2.52 bits per heavy atom. The molecular formula is C24H25N5O2. The number of carbonyl (C=O) groups excluding carboxylic acids is 2. The molecule has 0 atom stereocenters. The Morgan fingerprint density at radius 2 is 1.81 bits per heavy atom. The van der Waals surface area contributed by atoms with Gasteiger partial charge in [0.15, 0.2) is 5.69 Å². The summed E-state index contributed by atoms with van der Waals surface area (Å²) in [6.07, 6.45) is 5.15. The van der Waals surface area contributed by atoms with Gasteiger partial charge in [0, 0.05) is 24.1 Å². The van der Waals surface area contributed by atoms with E-state index in [4.69, 9.17) is 0 Å². The second-order valence-corrected chi connectivity index (χ2v) is 8.35. The van der Waals surface area contributed by atoms with Crippen molar-refractivity contribution < 1.29 is 9.59 Å². The van der Waals surface area contributed by atoms with Crippen molar-refractivity contribution in [3.05, 3.63) is 71.5 Å². The number of para-hydroxylation sites is 1. The van der Waals surface area contributed by atoms with E-state index in [9.17, 15) is 9.59 Å². The first kappa shape index (κ1) is 19.5. The minimum Gasteiger partial charge on any atom is -0.347 e. The van der Waals surface area contributed by atoms with Gasteiger partial charge in [0.25, 0.3) is 5.91 Å². The van der Waals surface area contributed by atoms with E-state index in [1.54, 1.807) is 4.68 Å². The summed E-state index contributed by atoms with van der Waals surface area (Å²) in [4.78, 5) is 25.1. The molecule has 2 aliphatic rings. The molecule has 1 heterocycles. The Labute approximate surface area is 180 Å². The van der Waals surface area contributed by atoms with E-state index in [1.165, 1.54) is 0 Å². The van der Waals surface area contributed by atoms with E-state index >= 15 is 0 Å². The SMILES string of the molecule is O=C(NCc1cccc(NC(=O)C2CCC2)c1)c1nnn(-c2ccccc2)c1C1CC1. The predicted molar refractivity (Wildman–Crippen MR) is 117 cm³/mol. The number of aromatic nitrogens is 3. The smallest absolute Gasteiger partial charge is 0.274 e. The normalized spacial score (nSPS) is 15.9. The van der Waals surface area contributed by atoms with Crippen LogP contribution in [0.1, 0.15) is 59.8 Å². The molecular weight excluding hydrogens is 390 g/mol. The van der Waals surface area contributed by atoms with E-state index in [0.29, 0.717) is 18.2 Å². The maximum Gasteiger partial charge on any atom is 0.274 e. The molecule has 2 aliphatic carbocycles. The Hall–Kier alpha value is -3.48. The van der Waals surface area contributed by atoms with Crippen LogP contribution in [-0.4, -0.2) is 26.8 Å². The lowest BCUT2D eigenvalue weighted by Crippen LogP contribution is -2.28. The number of rotatable bonds is 7. The molecule has 1 aromatic heterocycles. The summed E-state index contributed by atoms with van der Waals surface area (Å²) in [7, 11) is 0. The third-order valence-corrected chi connectivity index (χ3v) is 6.01. The van der Waals surface area contributed by atoms with Gasteiger partial charge in [-0.2, -0.15) is 0 Å². The molecule has 0 unspecified atom stereocenters. The van der Waals surface area contributed by atoms with E-state index in [0.717, 1.165) is 54.7 Å². The summed E-state index contributed by atoms with van der Waals surface area (Å²) in [6.45, 7) is 0.355. The highest BCUT2D eigenvalue weighted by Crippen LogP contribution is 2.42. The van der Waals surface area contributed by atoms with Crippen molar-refractivity contribution in [3.63, 3.8) is 0 Å². The molecule has 2 fully saturated rings. The number of hydrogen-bond donors (Lipinski definition) is 2. The summed E-state index contributed by atoms with van der Waals surface area (Å²) < 4.78 is 1.78. The summed E-state index contributed by atoms with van der Waals surface area (Å²) in [6, 6.07) is 17.4. The topological polar surface area (TPSA) is 88.9 Å². The van der Waals surface area contributed by atoms with E-state index in [-0.39, 0.29) is 17.7 Å². The minimum atomic E-state index is -0.229. The standard InChI is InChI=1S/C24H25N5O2/c30-23(18-7-5-8-18)26-19-9-4-6-16(14-19)15-25-24(31)21-22(17-12-13-17)29(28-27-21)20-10-2-1-3-11-20/h1-4,6,9-11,14,17-18H,5,7-8,12-13,15H2,(H,25,31)(H,26,30). The highest BCUT2D eigenvalue weighted by Gasteiger charge is 2.34. The van der Waals surface area contributed by atoms with Crippen molar-refractivity contribution in [1.29, 1.82) is 0 Å². The van der Waals surface area contributed by atoms with Crippen molar-refractivity contribution in [2.24, 2.45) is 5.92 Å². The van der Waals surface area contributed by atoms with E-state index in [2.05, 4.69) is 20.9 Å². The Kier molecular flexibility index (Phi) is 5.24. The van der Waals surface area contributed by atoms with Gasteiger partial charge in [0.1, 0.15) is 0 Å². The third kappa shape index (κ3) is 4.21. The first-order chi connectivity index (χ1) is 15.2. The van der Waals surface area contributed by atoms with Crippen LogP contribution < -0.4 is 10.6 Å². The highest BCUT2D eigenvalue weighted by atomic mass is 16.2. The summed E-state index contributed by atoms with van der Waals surface area (Å²) in [5.41, 5.74) is 3.86. The average Bonchev–Trinajstić information content (AvgIpc) is 3.49. The number of anilines is 1. The first-order valence-corrected chi connectivity index (χ1v) is 10.9. The molecule has 2 aromatic carbocycles. The lowest BCUT2D eigenvalue weighted by molar-refractivity contribution is -0.122. The van der Waals surface area contributed by atoms with Gasteiger partial charge in [0.05, 0.1) is 11.4 Å². The number of hydrogen-bond acceptors (Lipinski definition) is 4. The molecule has 0 spiro atoms. The molecule has 2 saturated carbocycles. The zero-order valence-corrected chi connectivity index (χ0v) is 17.3. The fourth-order valence-electron chi connectivity index (χ4n) is 3.87.